The van der Waals surface area contributed by atoms with Crippen molar-refractivity contribution in [3.8, 4) is 11.5 Å². The highest BCUT2D eigenvalue weighted by molar-refractivity contribution is 9.10. The van der Waals surface area contributed by atoms with Crippen molar-refractivity contribution in [3.63, 3.8) is 0 Å². The Bertz CT molecular complexity index is 1720. The Morgan fingerprint density at radius 2 is 1.53 bits per heavy atom. The number of nitrogens with zero attached hydrogens (tertiary/aromatic N) is 2. The number of nitrogens with one attached hydrogen (secondary N) is 1. The molecule has 0 spiro atoms. The van der Waals surface area contributed by atoms with Gasteiger partial charge in [0, 0.05) is 30.6 Å². The smallest absolute Gasteiger partial charge is 0.264 e. The van der Waals surface area contributed by atoms with E-state index in [0.717, 1.165) is 25.5 Å². The van der Waals surface area contributed by atoms with E-state index >= 15 is 0 Å². The van der Waals surface area contributed by atoms with Crippen molar-refractivity contribution in [2.75, 3.05) is 32.1 Å². The number of rotatable bonds is 13. The summed E-state index contributed by atoms with van der Waals surface area (Å²) in [4.78, 5) is 29.3. The molecule has 0 saturated carbocycles. The number of carbonyl (C=O) groups excluding carboxylic acids is 2. The van der Waals surface area contributed by atoms with Crippen LogP contribution < -0.4 is 19.1 Å². The molecule has 2 amide bonds. The molecule has 0 radical (unpaired) electrons. The number of benzene rings is 4. The molecule has 0 unspecified atom stereocenters. The van der Waals surface area contributed by atoms with Crippen LogP contribution in [-0.2, 0) is 32.6 Å². The number of hydrogen-bond donors (Lipinski definition) is 1. The third-order valence-corrected chi connectivity index (χ3v) is 9.63. The fourth-order valence-corrected chi connectivity index (χ4v) is 6.53. The maximum atomic E-state index is 14.5. The molecule has 0 aliphatic heterocycles. The van der Waals surface area contributed by atoms with Gasteiger partial charge in [-0.05, 0) is 54.4 Å². The zero-order chi connectivity index (χ0) is 32.6. The van der Waals surface area contributed by atoms with Gasteiger partial charge in [-0.1, -0.05) is 76.1 Å². The average molecular weight is 695 g/mol. The highest BCUT2D eigenvalue weighted by atomic mass is 79.9. The largest absolute Gasteiger partial charge is 0.497 e. The Kier molecular flexibility index (Phi) is 11.2. The molecular formula is C34H36BrN3O6S. The fourth-order valence-electron chi connectivity index (χ4n) is 4.85. The lowest BCUT2D eigenvalue weighted by Gasteiger charge is -2.34. The molecule has 0 aliphatic carbocycles. The van der Waals surface area contributed by atoms with E-state index in [1.165, 1.54) is 44.4 Å². The predicted molar refractivity (Wildman–Crippen MR) is 178 cm³/mol. The summed E-state index contributed by atoms with van der Waals surface area (Å²) >= 11 is 3.44. The van der Waals surface area contributed by atoms with Crippen LogP contribution in [-0.4, -0.2) is 59.0 Å². The number of likely N-dealkylation sites (N-methyl/N-ethyl adjacent to an activating group) is 1. The maximum absolute atomic E-state index is 14.5. The Balaban J connectivity index is 1.85. The number of carbonyl (C=O) groups is 2. The number of ether oxygens (including phenoxy) is 2. The Hall–Kier alpha value is -4.35. The van der Waals surface area contributed by atoms with Gasteiger partial charge in [-0.3, -0.25) is 13.9 Å². The first kappa shape index (κ1) is 33.5. The highest BCUT2D eigenvalue weighted by Gasteiger charge is 2.35. The molecule has 236 valence electrons. The molecule has 4 rings (SSSR count). The number of methoxy groups -OCH3 is 2. The molecule has 9 nitrogen and oxygen atoms in total. The summed E-state index contributed by atoms with van der Waals surface area (Å²) in [5, 5.41) is 2.69. The van der Waals surface area contributed by atoms with Gasteiger partial charge in [0.05, 0.1) is 24.8 Å². The second-order valence-electron chi connectivity index (χ2n) is 10.3. The van der Waals surface area contributed by atoms with E-state index in [2.05, 4.69) is 21.2 Å². The highest BCUT2D eigenvalue weighted by Crippen LogP contribution is 2.36. The van der Waals surface area contributed by atoms with E-state index < -0.39 is 28.5 Å². The van der Waals surface area contributed by atoms with E-state index in [0.29, 0.717) is 5.75 Å². The van der Waals surface area contributed by atoms with Gasteiger partial charge < -0.3 is 19.7 Å². The molecule has 4 aromatic rings. The normalized spacial score (nSPS) is 11.8. The SMILES string of the molecule is CNC(=O)[C@H](Cc1ccccc1)N(Cc1ccc(Br)cc1)C(=O)CN(c1cc(OC)ccc1OC)S(=O)(=O)c1ccc(C)cc1. The zero-order valence-electron chi connectivity index (χ0n) is 25.6. The van der Waals surface area contributed by atoms with E-state index in [1.54, 1.807) is 24.3 Å². The summed E-state index contributed by atoms with van der Waals surface area (Å²) in [6, 6.07) is 26.9. The van der Waals surface area contributed by atoms with Crippen LogP contribution in [0.2, 0.25) is 0 Å². The molecule has 0 aliphatic rings. The van der Waals surface area contributed by atoms with Gasteiger partial charge in [-0.15, -0.1) is 0 Å². The van der Waals surface area contributed by atoms with Crippen molar-refractivity contribution in [3.05, 3.63) is 118 Å². The minimum Gasteiger partial charge on any atom is -0.497 e. The number of halogens is 1. The van der Waals surface area contributed by atoms with Crippen molar-refractivity contribution in [2.45, 2.75) is 30.8 Å². The van der Waals surface area contributed by atoms with Gasteiger partial charge in [0.1, 0.15) is 24.1 Å². The number of amides is 2. The molecule has 4 aromatic carbocycles. The number of aryl methyl sites for hydroxylation is 1. The quantitative estimate of drug-likeness (QED) is 0.202. The Morgan fingerprint density at radius 1 is 0.867 bits per heavy atom. The summed E-state index contributed by atoms with van der Waals surface area (Å²) in [5.74, 6) is -0.355. The van der Waals surface area contributed by atoms with Gasteiger partial charge in [-0.2, -0.15) is 0 Å². The van der Waals surface area contributed by atoms with Gasteiger partial charge in [0.15, 0.2) is 0 Å². The molecule has 45 heavy (non-hydrogen) atoms. The first-order valence-corrected chi connectivity index (χ1v) is 16.4. The van der Waals surface area contributed by atoms with E-state index in [4.69, 9.17) is 9.47 Å². The lowest BCUT2D eigenvalue weighted by Crippen LogP contribution is -2.53. The third kappa shape index (κ3) is 8.23. The first-order valence-electron chi connectivity index (χ1n) is 14.2. The minimum atomic E-state index is -4.30. The summed E-state index contributed by atoms with van der Waals surface area (Å²) in [6.07, 6.45) is 0.218. The van der Waals surface area contributed by atoms with Crippen LogP contribution in [0, 0.1) is 6.92 Å². The summed E-state index contributed by atoms with van der Waals surface area (Å²) < 4.78 is 41.4. The summed E-state index contributed by atoms with van der Waals surface area (Å²) in [6.45, 7) is 1.30. The van der Waals surface area contributed by atoms with Crippen molar-refractivity contribution in [1.29, 1.82) is 0 Å². The van der Waals surface area contributed by atoms with Crippen LogP contribution in [0.15, 0.2) is 106 Å². The Labute approximate surface area is 273 Å². The maximum Gasteiger partial charge on any atom is 0.264 e. The lowest BCUT2D eigenvalue weighted by molar-refractivity contribution is -0.139. The fraction of sp³-hybridized carbons (Fsp3) is 0.235. The van der Waals surface area contributed by atoms with Gasteiger partial charge in [-0.25, -0.2) is 8.42 Å². The first-order chi connectivity index (χ1) is 21.6. The Morgan fingerprint density at radius 3 is 2.13 bits per heavy atom. The van der Waals surface area contributed by atoms with Crippen molar-refractivity contribution in [1.82, 2.24) is 10.2 Å². The van der Waals surface area contributed by atoms with Crippen LogP contribution in [0.5, 0.6) is 11.5 Å². The number of sulfonamides is 1. The second-order valence-corrected chi connectivity index (χ2v) is 13.1. The van der Waals surface area contributed by atoms with Crippen molar-refractivity contribution < 1.29 is 27.5 Å². The molecule has 0 fully saturated rings. The van der Waals surface area contributed by atoms with Crippen LogP contribution in [0.3, 0.4) is 0 Å². The molecule has 1 atom stereocenters. The van der Waals surface area contributed by atoms with Gasteiger partial charge in [0.2, 0.25) is 11.8 Å². The summed E-state index contributed by atoms with van der Waals surface area (Å²) in [7, 11) is 0.0965. The monoisotopic (exact) mass is 693 g/mol. The van der Waals surface area contributed by atoms with Gasteiger partial charge >= 0.3 is 0 Å². The average Bonchev–Trinajstić information content (AvgIpc) is 3.05. The number of anilines is 1. The molecular weight excluding hydrogens is 658 g/mol. The molecule has 0 saturated heterocycles. The van der Waals surface area contributed by atoms with Crippen LogP contribution in [0.1, 0.15) is 16.7 Å². The lowest BCUT2D eigenvalue weighted by atomic mass is 10.0. The van der Waals surface area contributed by atoms with Crippen LogP contribution in [0.4, 0.5) is 5.69 Å². The van der Waals surface area contributed by atoms with Crippen LogP contribution in [0.25, 0.3) is 0 Å². The topological polar surface area (TPSA) is 105 Å². The molecule has 0 heterocycles. The molecule has 0 bridgehead atoms. The van der Waals surface area contributed by atoms with Crippen molar-refractivity contribution >= 4 is 43.5 Å². The van der Waals surface area contributed by atoms with Crippen LogP contribution >= 0.6 is 15.9 Å². The second kappa shape index (κ2) is 15.1. The van der Waals surface area contributed by atoms with Crippen molar-refractivity contribution in [2.24, 2.45) is 0 Å². The molecule has 11 heteroatoms. The van der Waals surface area contributed by atoms with E-state index in [1.807, 2.05) is 61.5 Å². The minimum absolute atomic E-state index is 0.00244. The van der Waals surface area contributed by atoms with E-state index in [-0.39, 0.29) is 35.2 Å². The zero-order valence-corrected chi connectivity index (χ0v) is 28.0. The number of hydrogen-bond acceptors (Lipinski definition) is 6. The van der Waals surface area contributed by atoms with E-state index in [9.17, 15) is 18.0 Å². The summed E-state index contributed by atoms with van der Waals surface area (Å²) in [5.41, 5.74) is 2.61. The molecule has 0 aromatic heterocycles. The van der Waals surface area contributed by atoms with Gasteiger partial charge in [0.25, 0.3) is 10.0 Å². The third-order valence-electron chi connectivity index (χ3n) is 7.33. The standard InChI is InChI=1S/C34H36BrN3O6S/c1-24-10-17-29(18-11-24)45(41,42)38(30-21-28(43-3)16-19-32(30)44-4)23-33(39)37(22-26-12-14-27(35)15-13-26)31(34(40)36-2)20-25-8-6-5-7-9-25/h5-19,21,31H,20,22-23H2,1-4H3,(H,36,40)/t31-/m0/s1. The predicted octanol–water partition coefficient (Wildman–Crippen LogP) is 5.36. The molecule has 1 N–H and O–H groups in total.